The molecule has 0 amide bonds. The summed E-state index contributed by atoms with van der Waals surface area (Å²) in [4.78, 5) is 12.4. The van der Waals surface area contributed by atoms with Gasteiger partial charge in [0.15, 0.2) is 9.79 Å². The van der Waals surface area contributed by atoms with Gasteiger partial charge in [0.05, 0.1) is 15.8 Å². The largest absolute Gasteiger partial charge is 0.269 e. The van der Waals surface area contributed by atoms with Crippen LogP contribution in [-0.4, -0.2) is 11.2 Å². The van der Waals surface area contributed by atoms with Crippen molar-refractivity contribution >= 4 is 28.2 Å². The van der Waals surface area contributed by atoms with Gasteiger partial charge < -0.3 is 0 Å². The highest BCUT2D eigenvalue weighted by Crippen LogP contribution is 2.24. The molecule has 0 spiro atoms. The predicted molar refractivity (Wildman–Crippen MR) is 74.4 cm³/mol. The van der Waals surface area contributed by atoms with E-state index < -0.39 is 10.2 Å². The van der Waals surface area contributed by atoms with E-state index in [0.29, 0.717) is 5.02 Å². The summed E-state index contributed by atoms with van der Waals surface area (Å²) >= 11 is 5.85. The van der Waals surface area contributed by atoms with Gasteiger partial charge in [-0.15, -0.1) is 10.2 Å². The van der Waals surface area contributed by atoms with Crippen molar-refractivity contribution in [3.8, 4) is 0 Å². The van der Waals surface area contributed by atoms with Crippen LogP contribution in [0.4, 0.5) is 5.69 Å². The minimum absolute atomic E-state index is 0.108. The van der Waals surface area contributed by atoms with Crippen molar-refractivity contribution in [2.45, 2.75) is 9.79 Å². The number of nitro groups is 1. The van der Waals surface area contributed by atoms with Gasteiger partial charge >= 0.3 is 0 Å². The second-order valence-corrected chi connectivity index (χ2v) is 7.25. The van der Waals surface area contributed by atoms with Gasteiger partial charge in [-0.25, -0.2) is 18.6 Å². The van der Waals surface area contributed by atoms with E-state index in [0.717, 1.165) is 9.79 Å². The van der Waals surface area contributed by atoms with Gasteiger partial charge in [0.25, 0.3) is 5.69 Å². The van der Waals surface area contributed by atoms with Gasteiger partial charge in [-0.1, -0.05) is 11.6 Å². The Morgan fingerprint density at radius 1 is 0.913 bits per heavy atom. The van der Waals surface area contributed by atoms with Crippen molar-refractivity contribution in [3.63, 3.8) is 0 Å². The number of nitro benzene ring substituents is 1. The zero-order chi connectivity index (χ0) is 17.6. The van der Waals surface area contributed by atoms with Crippen LogP contribution in [0.25, 0.3) is 0 Å². The molecule has 0 aliphatic carbocycles. The van der Waals surface area contributed by atoms with E-state index >= 15 is 0 Å². The van der Waals surface area contributed by atoms with Crippen LogP contribution in [0.15, 0.2) is 58.3 Å². The molecule has 0 aromatic heterocycles. The zero-order valence-electron chi connectivity index (χ0n) is 11.7. The molecule has 2 aromatic carbocycles. The molecule has 0 radical (unpaired) electrons. The molecule has 2 rings (SSSR count). The molecule has 2 aromatic rings. The first kappa shape index (κ1) is 19.7. The maximum Gasteiger partial charge on any atom is 0.269 e. The second-order valence-electron chi connectivity index (χ2n) is 4.09. The fourth-order valence-corrected chi connectivity index (χ4v) is 3.03. The number of halogens is 2. The Labute approximate surface area is 142 Å². The van der Waals surface area contributed by atoms with Gasteiger partial charge in [-0.05, 0) is 24.3 Å². The lowest BCUT2D eigenvalue weighted by molar-refractivity contribution is -2.00. The molecule has 23 heavy (non-hydrogen) atoms. The maximum atomic E-state index is 10.6. The number of non-ortho nitro benzene ring substituents is 1. The Hall–Kier alpha value is -1.39. The van der Waals surface area contributed by atoms with Crippen LogP contribution in [0.5, 0.6) is 0 Å². The van der Waals surface area contributed by atoms with Crippen LogP contribution in [0.1, 0.15) is 0 Å². The normalized spacial score (nSPS) is 12.1. The first-order chi connectivity index (χ1) is 10.6. The fraction of sp³-hybridized carbons (Fsp3) is 0.0769. The molecule has 1 unspecified atom stereocenters. The molecule has 1 atom stereocenters. The van der Waals surface area contributed by atoms with Crippen molar-refractivity contribution in [2.75, 3.05) is 6.26 Å². The highest BCUT2D eigenvalue weighted by Gasteiger charge is 2.19. The van der Waals surface area contributed by atoms with E-state index in [1.54, 1.807) is 12.1 Å². The Kier molecular flexibility index (Phi) is 7.23. The van der Waals surface area contributed by atoms with Crippen molar-refractivity contribution in [3.05, 3.63) is 63.7 Å². The Balaban J connectivity index is 0.000000463. The molecule has 0 saturated heterocycles. The summed E-state index contributed by atoms with van der Waals surface area (Å²) in [5, 5.41) is 11.3. The van der Waals surface area contributed by atoms with Crippen LogP contribution in [0.2, 0.25) is 5.02 Å². The van der Waals surface area contributed by atoms with E-state index in [1.807, 2.05) is 24.3 Å². The summed E-state index contributed by atoms with van der Waals surface area (Å²) in [7, 11) is -5.05. The molecule has 10 heteroatoms. The number of benzene rings is 2. The van der Waals surface area contributed by atoms with Crippen LogP contribution in [0.3, 0.4) is 0 Å². The summed E-state index contributed by atoms with van der Waals surface area (Å²) in [5.41, 5.74) is 0.117. The monoisotopic (exact) mass is 379 g/mol. The van der Waals surface area contributed by atoms with E-state index in [-0.39, 0.29) is 21.5 Å². The lowest BCUT2D eigenvalue weighted by Gasteiger charge is -2.17. The first-order valence-electron chi connectivity index (χ1n) is 5.85. The van der Waals surface area contributed by atoms with Gasteiger partial charge in [0.2, 0.25) is 0 Å². The highest BCUT2D eigenvalue weighted by molar-refractivity contribution is 7.96. The van der Waals surface area contributed by atoms with Gasteiger partial charge in [-0.3, -0.25) is 10.1 Å². The van der Waals surface area contributed by atoms with E-state index in [1.165, 1.54) is 12.1 Å². The summed E-state index contributed by atoms with van der Waals surface area (Å²) in [6, 6.07) is 14.3. The van der Waals surface area contributed by atoms with Gasteiger partial charge in [0, 0.05) is 29.3 Å². The standard InChI is InChI=1S/C13H11ClNO2S.ClHO4/c1-18(12-6-2-10(14)3-7-12)13-8-4-11(5-9-13)15(16)17;2-1(3,4)5/h2-9H,1H3;(H,2,3,4,5)/q+1;/p-1. The fourth-order valence-electron chi connectivity index (χ4n) is 1.55. The summed E-state index contributed by atoms with van der Waals surface area (Å²) in [6.07, 6.45) is 2.09. The Morgan fingerprint density at radius 3 is 1.61 bits per heavy atom. The third kappa shape index (κ3) is 7.62. The summed E-state index contributed by atoms with van der Waals surface area (Å²) in [6.45, 7) is 0. The predicted octanol–water partition coefficient (Wildman–Crippen LogP) is -0.842. The molecule has 0 N–H and O–H groups in total. The smallest absolute Gasteiger partial charge is 0.258 e. The third-order valence-corrected chi connectivity index (χ3v) is 4.78. The minimum atomic E-state index is -4.94. The van der Waals surface area contributed by atoms with Crippen LogP contribution in [0, 0.1) is 20.4 Å². The molecular weight excluding hydrogens is 369 g/mol. The third-order valence-electron chi connectivity index (χ3n) is 2.57. The second kappa shape index (κ2) is 8.46. The van der Waals surface area contributed by atoms with Gasteiger partial charge in [0.1, 0.15) is 6.26 Å². The lowest BCUT2D eigenvalue weighted by Crippen LogP contribution is -2.68. The Morgan fingerprint density at radius 2 is 1.26 bits per heavy atom. The summed E-state index contributed by atoms with van der Waals surface area (Å²) < 4.78 is 34.0. The molecule has 0 saturated carbocycles. The number of nitrogens with zero attached hydrogens (tertiary/aromatic N) is 1. The number of hydrogen-bond acceptors (Lipinski definition) is 6. The average molecular weight is 380 g/mol. The molecule has 0 fully saturated rings. The molecule has 0 bridgehead atoms. The minimum Gasteiger partial charge on any atom is -0.258 e. The quantitative estimate of drug-likeness (QED) is 0.387. The van der Waals surface area contributed by atoms with E-state index in [4.69, 9.17) is 30.2 Å². The molecule has 0 aliphatic heterocycles. The van der Waals surface area contributed by atoms with E-state index in [2.05, 4.69) is 6.26 Å². The average Bonchev–Trinajstić information content (AvgIpc) is 2.46. The molecule has 0 heterocycles. The van der Waals surface area contributed by atoms with E-state index in [9.17, 15) is 10.1 Å². The number of hydrogen-bond donors (Lipinski definition) is 0. The van der Waals surface area contributed by atoms with Crippen molar-refractivity contribution < 1.29 is 33.8 Å². The van der Waals surface area contributed by atoms with Crippen molar-refractivity contribution in [1.29, 1.82) is 0 Å². The molecule has 124 valence electrons. The summed E-state index contributed by atoms with van der Waals surface area (Å²) in [5.74, 6) is 0. The van der Waals surface area contributed by atoms with Crippen LogP contribution < -0.4 is 18.6 Å². The Bertz CT molecular complexity index is 639. The van der Waals surface area contributed by atoms with Crippen molar-refractivity contribution in [1.82, 2.24) is 0 Å². The number of rotatable bonds is 3. The van der Waals surface area contributed by atoms with Crippen LogP contribution >= 0.6 is 11.6 Å². The topological polar surface area (TPSA) is 135 Å². The molecule has 7 nitrogen and oxygen atoms in total. The SMILES string of the molecule is C[S+](c1ccc(Cl)cc1)c1ccc([N+](=O)[O-])cc1.[O-][Cl+3]([O-])([O-])[O-]. The maximum absolute atomic E-state index is 10.6. The zero-order valence-corrected chi connectivity index (χ0v) is 14.0. The van der Waals surface area contributed by atoms with Crippen molar-refractivity contribution in [2.24, 2.45) is 0 Å². The molecular formula is C13H11Cl2NO6S. The first-order valence-corrected chi connectivity index (χ1v) is 9.10. The highest BCUT2D eigenvalue weighted by atomic mass is 35.7. The molecule has 0 aliphatic rings. The van der Waals surface area contributed by atoms with Gasteiger partial charge in [-0.2, -0.15) is 0 Å². The lowest BCUT2D eigenvalue weighted by atomic mass is 10.3. The van der Waals surface area contributed by atoms with Crippen LogP contribution in [-0.2, 0) is 10.9 Å².